The average Bonchev–Trinajstić information content (AvgIpc) is 3.46. The highest BCUT2D eigenvalue weighted by Gasteiger charge is 2.13. The lowest BCUT2D eigenvalue weighted by Gasteiger charge is -2.09. The third kappa shape index (κ3) is 4.04. The molecule has 5 nitrogen and oxygen atoms in total. The molecule has 0 aliphatic rings. The molecule has 0 fully saturated rings. The van der Waals surface area contributed by atoms with E-state index in [0.717, 1.165) is 50.0 Å². The van der Waals surface area contributed by atoms with Gasteiger partial charge in [-0.2, -0.15) is 5.26 Å². The highest BCUT2D eigenvalue weighted by Crippen LogP contribution is 2.33. The second-order valence-corrected chi connectivity index (χ2v) is 7.81. The molecule has 0 saturated carbocycles. The molecule has 0 bridgehead atoms. The van der Waals surface area contributed by atoms with Gasteiger partial charge in [0.15, 0.2) is 10.8 Å². The number of aromatic nitrogens is 2. The van der Waals surface area contributed by atoms with Gasteiger partial charge in [-0.3, -0.25) is 4.98 Å². The molecular weight excluding hydrogens is 406 g/mol. The Balaban J connectivity index is 1.36. The van der Waals surface area contributed by atoms with Crippen LogP contribution in [0.5, 0.6) is 5.75 Å². The second kappa shape index (κ2) is 8.42. The van der Waals surface area contributed by atoms with Crippen LogP contribution in [-0.2, 0) is 13.0 Å². The van der Waals surface area contributed by atoms with Gasteiger partial charge in [-0.15, -0.1) is 11.3 Å². The monoisotopic (exact) mass is 423 g/mol. The van der Waals surface area contributed by atoms with Crippen LogP contribution in [0.3, 0.4) is 0 Å². The van der Waals surface area contributed by atoms with Crippen molar-refractivity contribution in [3.05, 3.63) is 89.4 Å². The summed E-state index contributed by atoms with van der Waals surface area (Å²) < 4.78 is 12.0. The molecule has 5 aromatic rings. The van der Waals surface area contributed by atoms with E-state index in [1.54, 1.807) is 6.20 Å². The lowest BCUT2D eigenvalue weighted by Crippen LogP contribution is -1.99. The minimum absolute atomic E-state index is 0.373. The number of ether oxygens (including phenoxy) is 1. The molecule has 150 valence electrons. The summed E-state index contributed by atoms with van der Waals surface area (Å²) in [5.41, 5.74) is 4.46. The van der Waals surface area contributed by atoms with Gasteiger partial charge in [-0.1, -0.05) is 30.3 Å². The Morgan fingerprint density at radius 3 is 2.68 bits per heavy atom. The summed E-state index contributed by atoms with van der Waals surface area (Å²) in [6.45, 7) is 0.411. The van der Waals surface area contributed by atoms with E-state index < -0.39 is 0 Å². The molecule has 0 amide bonds. The molecule has 3 aromatic heterocycles. The maximum Gasteiger partial charge on any atom is 0.164 e. The van der Waals surface area contributed by atoms with E-state index in [1.807, 2.05) is 72.1 Å². The van der Waals surface area contributed by atoms with Crippen LogP contribution in [0.4, 0.5) is 0 Å². The Labute approximate surface area is 183 Å². The molecule has 6 heteroatoms. The first-order chi connectivity index (χ1) is 15.3. The van der Waals surface area contributed by atoms with Crippen LogP contribution in [0.15, 0.2) is 82.7 Å². The van der Waals surface area contributed by atoms with E-state index in [1.165, 1.54) is 11.3 Å². The quantitative estimate of drug-likeness (QED) is 0.322. The predicted octanol–water partition coefficient (Wildman–Crippen LogP) is 6.26. The standard InChI is InChI=1S/C25H17N3O2S/c26-11-10-17-5-1-2-6-18(17)15-29-20-8-9-23-19(13-20)14-24(30-23)25-28-22(16-31-25)21-7-3-4-12-27-21/h1-9,12-14,16H,10,15H2. The van der Waals surface area contributed by atoms with Crippen molar-refractivity contribution in [2.75, 3.05) is 0 Å². The number of thiazole rings is 1. The van der Waals surface area contributed by atoms with Crippen molar-refractivity contribution in [2.45, 2.75) is 13.0 Å². The number of hydrogen-bond acceptors (Lipinski definition) is 6. The van der Waals surface area contributed by atoms with Crippen LogP contribution in [-0.4, -0.2) is 9.97 Å². The van der Waals surface area contributed by atoms with Gasteiger partial charge in [0.25, 0.3) is 0 Å². The molecule has 0 saturated heterocycles. The number of furan rings is 1. The predicted molar refractivity (Wildman–Crippen MR) is 121 cm³/mol. The summed E-state index contributed by atoms with van der Waals surface area (Å²) in [5.74, 6) is 1.47. The van der Waals surface area contributed by atoms with Crippen LogP contribution in [0, 0.1) is 11.3 Å². The summed E-state index contributed by atoms with van der Waals surface area (Å²) >= 11 is 1.53. The fourth-order valence-corrected chi connectivity index (χ4v) is 4.12. The zero-order valence-electron chi connectivity index (χ0n) is 16.5. The van der Waals surface area contributed by atoms with Gasteiger partial charge in [-0.25, -0.2) is 4.98 Å². The third-order valence-electron chi connectivity index (χ3n) is 4.91. The number of pyridine rings is 1. The van der Waals surface area contributed by atoms with Gasteiger partial charge < -0.3 is 9.15 Å². The summed E-state index contributed by atoms with van der Waals surface area (Å²) in [6.07, 6.45) is 2.13. The largest absolute Gasteiger partial charge is 0.489 e. The smallest absolute Gasteiger partial charge is 0.164 e. The normalized spacial score (nSPS) is 10.8. The number of hydrogen-bond donors (Lipinski definition) is 0. The number of nitrogens with zero attached hydrogens (tertiary/aromatic N) is 3. The Bertz CT molecular complexity index is 1380. The summed E-state index contributed by atoms with van der Waals surface area (Å²) in [6, 6.07) is 23.6. The minimum Gasteiger partial charge on any atom is -0.489 e. The van der Waals surface area contributed by atoms with Crippen molar-refractivity contribution >= 4 is 22.3 Å². The van der Waals surface area contributed by atoms with Crippen molar-refractivity contribution in [1.82, 2.24) is 9.97 Å². The van der Waals surface area contributed by atoms with E-state index >= 15 is 0 Å². The van der Waals surface area contributed by atoms with Gasteiger partial charge in [-0.05, 0) is 47.5 Å². The number of benzene rings is 2. The molecule has 0 aliphatic heterocycles. The maximum atomic E-state index is 9.00. The fourth-order valence-electron chi connectivity index (χ4n) is 3.35. The van der Waals surface area contributed by atoms with Crippen molar-refractivity contribution in [3.8, 4) is 34.0 Å². The molecular formula is C25H17N3O2S. The topological polar surface area (TPSA) is 71.9 Å². The van der Waals surface area contributed by atoms with Crippen molar-refractivity contribution < 1.29 is 9.15 Å². The highest BCUT2D eigenvalue weighted by molar-refractivity contribution is 7.13. The molecule has 0 radical (unpaired) electrons. The van der Waals surface area contributed by atoms with Crippen molar-refractivity contribution in [1.29, 1.82) is 5.26 Å². The maximum absolute atomic E-state index is 9.00. The van der Waals surface area contributed by atoms with E-state index in [9.17, 15) is 0 Å². The zero-order chi connectivity index (χ0) is 21.0. The Morgan fingerprint density at radius 1 is 0.968 bits per heavy atom. The number of nitriles is 1. The van der Waals surface area contributed by atoms with E-state index in [2.05, 4.69) is 16.0 Å². The van der Waals surface area contributed by atoms with Crippen LogP contribution < -0.4 is 4.74 Å². The lowest BCUT2D eigenvalue weighted by molar-refractivity contribution is 0.305. The molecule has 2 aromatic carbocycles. The van der Waals surface area contributed by atoms with Gasteiger partial charge in [0, 0.05) is 17.0 Å². The third-order valence-corrected chi connectivity index (χ3v) is 5.77. The molecule has 0 unspecified atom stereocenters. The summed E-state index contributed by atoms with van der Waals surface area (Å²) in [5, 5.41) is 12.7. The van der Waals surface area contributed by atoms with Crippen LogP contribution in [0.1, 0.15) is 11.1 Å². The van der Waals surface area contributed by atoms with Gasteiger partial charge >= 0.3 is 0 Å². The molecule has 0 spiro atoms. The van der Waals surface area contributed by atoms with Crippen molar-refractivity contribution in [2.24, 2.45) is 0 Å². The minimum atomic E-state index is 0.373. The zero-order valence-corrected chi connectivity index (χ0v) is 17.3. The van der Waals surface area contributed by atoms with Crippen LogP contribution in [0.25, 0.3) is 33.1 Å². The Hall–Kier alpha value is -3.95. The van der Waals surface area contributed by atoms with Gasteiger partial charge in [0.2, 0.25) is 0 Å². The number of fused-ring (bicyclic) bond motifs is 1. The first-order valence-electron chi connectivity index (χ1n) is 9.77. The van der Waals surface area contributed by atoms with Gasteiger partial charge in [0.1, 0.15) is 23.6 Å². The Morgan fingerprint density at radius 2 is 1.84 bits per heavy atom. The fraction of sp³-hybridized carbons (Fsp3) is 0.0800. The molecule has 3 heterocycles. The molecule has 5 rings (SSSR count). The lowest BCUT2D eigenvalue weighted by atomic mass is 10.1. The molecule has 31 heavy (non-hydrogen) atoms. The Kier molecular flexibility index (Phi) is 5.17. The molecule has 0 N–H and O–H groups in total. The summed E-state index contributed by atoms with van der Waals surface area (Å²) in [4.78, 5) is 9.03. The highest BCUT2D eigenvalue weighted by atomic mass is 32.1. The van der Waals surface area contributed by atoms with E-state index in [4.69, 9.17) is 14.4 Å². The average molecular weight is 423 g/mol. The van der Waals surface area contributed by atoms with Crippen LogP contribution >= 0.6 is 11.3 Å². The first-order valence-corrected chi connectivity index (χ1v) is 10.7. The first kappa shape index (κ1) is 19.0. The van der Waals surface area contributed by atoms with E-state index in [-0.39, 0.29) is 0 Å². The van der Waals surface area contributed by atoms with E-state index in [0.29, 0.717) is 13.0 Å². The second-order valence-electron chi connectivity index (χ2n) is 6.96. The van der Waals surface area contributed by atoms with Gasteiger partial charge in [0.05, 0.1) is 18.2 Å². The SMILES string of the molecule is N#CCc1ccccc1COc1ccc2oc(-c3nc(-c4ccccn4)cs3)cc2c1. The number of rotatable bonds is 6. The molecule has 0 aliphatic carbocycles. The summed E-state index contributed by atoms with van der Waals surface area (Å²) in [7, 11) is 0. The molecule has 0 atom stereocenters. The van der Waals surface area contributed by atoms with Crippen molar-refractivity contribution in [3.63, 3.8) is 0 Å². The van der Waals surface area contributed by atoms with Crippen LogP contribution in [0.2, 0.25) is 0 Å².